The molecule has 4 aromatic rings. The Morgan fingerprint density at radius 1 is 1.14 bits per heavy atom. The lowest BCUT2D eigenvalue weighted by Crippen LogP contribution is -2.28. The molecule has 0 unspecified atom stereocenters. The number of aromatic nitrogens is 3. The third-order valence-electron chi connectivity index (χ3n) is 4.60. The summed E-state index contributed by atoms with van der Waals surface area (Å²) in [5, 5.41) is 11.5. The second-order valence-corrected chi connectivity index (χ2v) is 6.48. The highest BCUT2D eigenvalue weighted by Crippen LogP contribution is 2.13. The lowest BCUT2D eigenvalue weighted by Gasteiger charge is -2.09. The number of hydrogen-bond donors (Lipinski definition) is 1. The molecule has 0 aliphatic rings. The molecule has 7 nitrogen and oxygen atoms in total. The molecule has 2 aromatic carbocycles. The number of benzene rings is 2. The van der Waals surface area contributed by atoms with E-state index in [0.717, 1.165) is 16.8 Å². The summed E-state index contributed by atoms with van der Waals surface area (Å²) >= 11 is 0. The van der Waals surface area contributed by atoms with Gasteiger partial charge >= 0.3 is 5.63 Å². The normalized spacial score (nSPS) is 10.9. The first-order valence-corrected chi connectivity index (χ1v) is 8.85. The van der Waals surface area contributed by atoms with Crippen molar-refractivity contribution >= 4 is 16.9 Å². The molecule has 140 valence electrons. The molecule has 0 saturated carbocycles. The zero-order chi connectivity index (χ0) is 19.5. The predicted octanol–water partition coefficient (Wildman–Crippen LogP) is 2.67. The molecule has 0 atom stereocenters. The first kappa shape index (κ1) is 17.7. The van der Waals surface area contributed by atoms with E-state index in [9.17, 15) is 9.59 Å². The summed E-state index contributed by atoms with van der Waals surface area (Å²) in [5.74, 6) is -0.497. The molecule has 4 rings (SSSR count). The van der Waals surface area contributed by atoms with E-state index in [0.29, 0.717) is 17.5 Å². The van der Waals surface area contributed by atoms with Crippen molar-refractivity contribution in [3.05, 3.63) is 93.6 Å². The van der Waals surface area contributed by atoms with Gasteiger partial charge in [-0.3, -0.25) is 4.79 Å². The summed E-state index contributed by atoms with van der Waals surface area (Å²) in [5.41, 5.74) is 2.77. The van der Waals surface area contributed by atoms with E-state index in [1.54, 1.807) is 35.1 Å². The van der Waals surface area contributed by atoms with Crippen molar-refractivity contribution in [1.29, 1.82) is 0 Å². The molecule has 0 saturated heterocycles. The van der Waals surface area contributed by atoms with Crippen LogP contribution >= 0.6 is 0 Å². The fourth-order valence-corrected chi connectivity index (χ4v) is 2.98. The topological polar surface area (TPSA) is 90.0 Å². The second-order valence-electron chi connectivity index (χ2n) is 6.48. The quantitative estimate of drug-likeness (QED) is 0.543. The van der Waals surface area contributed by atoms with Crippen LogP contribution in [0.4, 0.5) is 0 Å². The fraction of sp³-hybridized carbons (Fsp3) is 0.143. The number of fused-ring (bicyclic) bond motifs is 1. The predicted molar refractivity (Wildman–Crippen MR) is 104 cm³/mol. The smallest absolute Gasteiger partial charge is 0.349 e. The molecule has 0 fully saturated rings. The van der Waals surface area contributed by atoms with Gasteiger partial charge in [0.15, 0.2) is 0 Å². The summed E-state index contributed by atoms with van der Waals surface area (Å²) in [6, 6.07) is 16.6. The van der Waals surface area contributed by atoms with Crippen molar-refractivity contribution in [2.45, 2.75) is 20.0 Å². The standard InChI is InChI=1S/C21H18N4O3/c1-14-6-2-3-8-16(14)13-25-17(12-23-24-25)11-22-20(26)18-10-15-7-4-5-9-19(15)28-21(18)27/h2-10,12H,11,13H2,1H3,(H,22,26). The van der Waals surface area contributed by atoms with Crippen LogP contribution in [0.15, 0.2) is 70.0 Å². The lowest BCUT2D eigenvalue weighted by atomic mass is 10.1. The Balaban J connectivity index is 1.51. The Hall–Kier alpha value is -3.74. The zero-order valence-electron chi connectivity index (χ0n) is 15.3. The van der Waals surface area contributed by atoms with Crippen molar-refractivity contribution in [3.63, 3.8) is 0 Å². The maximum atomic E-state index is 12.5. The number of carbonyl (C=O) groups excluding carboxylic acids is 1. The molecule has 1 N–H and O–H groups in total. The van der Waals surface area contributed by atoms with Crippen molar-refractivity contribution in [2.75, 3.05) is 0 Å². The van der Waals surface area contributed by atoms with Crippen molar-refractivity contribution in [3.8, 4) is 0 Å². The highest BCUT2D eigenvalue weighted by Gasteiger charge is 2.15. The van der Waals surface area contributed by atoms with Crippen LogP contribution in [0.3, 0.4) is 0 Å². The van der Waals surface area contributed by atoms with Crippen molar-refractivity contribution < 1.29 is 9.21 Å². The van der Waals surface area contributed by atoms with Crippen molar-refractivity contribution in [2.24, 2.45) is 0 Å². The van der Waals surface area contributed by atoms with Crippen LogP contribution in [0.1, 0.15) is 27.2 Å². The van der Waals surface area contributed by atoms with Crippen LogP contribution in [0.25, 0.3) is 11.0 Å². The molecule has 1 amide bonds. The summed E-state index contributed by atoms with van der Waals surface area (Å²) in [7, 11) is 0. The van der Waals surface area contributed by atoms with Gasteiger partial charge in [-0.2, -0.15) is 0 Å². The van der Waals surface area contributed by atoms with Gasteiger partial charge in [-0.25, -0.2) is 9.48 Å². The van der Waals surface area contributed by atoms with Crippen LogP contribution in [0.2, 0.25) is 0 Å². The number of rotatable bonds is 5. The average Bonchev–Trinajstić information content (AvgIpc) is 3.14. The van der Waals surface area contributed by atoms with E-state index in [4.69, 9.17) is 4.42 Å². The molecular formula is C21H18N4O3. The van der Waals surface area contributed by atoms with E-state index in [2.05, 4.69) is 15.6 Å². The zero-order valence-corrected chi connectivity index (χ0v) is 15.3. The number of nitrogens with zero attached hydrogens (tertiary/aromatic N) is 3. The molecule has 2 heterocycles. The van der Waals surface area contributed by atoms with Crippen LogP contribution in [-0.2, 0) is 13.1 Å². The highest BCUT2D eigenvalue weighted by molar-refractivity contribution is 5.96. The third-order valence-corrected chi connectivity index (χ3v) is 4.60. The molecule has 0 spiro atoms. The maximum absolute atomic E-state index is 12.5. The van der Waals surface area contributed by atoms with Crippen LogP contribution < -0.4 is 10.9 Å². The SMILES string of the molecule is Cc1ccccc1Cn1nncc1CNC(=O)c1cc2ccccc2oc1=O. The molecule has 7 heteroatoms. The molecule has 2 aromatic heterocycles. The van der Waals surface area contributed by atoms with Crippen LogP contribution in [0.5, 0.6) is 0 Å². The third kappa shape index (κ3) is 3.55. The molecule has 28 heavy (non-hydrogen) atoms. The Morgan fingerprint density at radius 3 is 2.79 bits per heavy atom. The second kappa shape index (κ2) is 7.48. The van der Waals surface area contributed by atoms with E-state index in [1.807, 2.05) is 37.3 Å². The van der Waals surface area contributed by atoms with Gasteiger partial charge in [0.2, 0.25) is 0 Å². The van der Waals surface area contributed by atoms with Gasteiger partial charge in [0, 0.05) is 5.39 Å². The minimum absolute atomic E-state index is 0.0309. The van der Waals surface area contributed by atoms with Crippen LogP contribution in [0, 0.1) is 6.92 Å². The lowest BCUT2D eigenvalue weighted by molar-refractivity contribution is 0.0946. The van der Waals surface area contributed by atoms with E-state index in [-0.39, 0.29) is 12.1 Å². The summed E-state index contributed by atoms with van der Waals surface area (Å²) < 4.78 is 6.95. The van der Waals surface area contributed by atoms with E-state index < -0.39 is 11.5 Å². The minimum atomic E-state index is -0.664. The van der Waals surface area contributed by atoms with Gasteiger partial charge in [0.25, 0.3) is 5.91 Å². The van der Waals surface area contributed by atoms with Crippen molar-refractivity contribution in [1.82, 2.24) is 20.3 Å². The Labute approximate surface area is 160 Å². The first-order valence-electron chi connectivity index (χ1n) is 8.85. The summed E-state index contributed by atoms with van der Waals surface area (Å²) in [6.45, 7) is 2.78. The van der Waals surface area contributed by atoms with Gasteiger partial charge in [0.05, 0.1) is 25.0 Å². The number of carbonyl (C=O) groups is 1. The van der Waals surface area contributed by atoms with E-state index in [1.165, 1.54) is 0 Å². The summed E-state index contributed by atoms with van der Waals surface area (Å²) in [4.78, 5) is 24.6. The molecule has 0 aliphatic carbocycles. The number of aryl methyl sites for hydroxylation is 1. The molecular weight excluding hydrogens is 356 g/mol. The number of nitrogens with one attached hydrogen (secondary N) is 1. The monoisotopic (exact) mass is 374 g/mol. The Bertz CT molecular complexity index is 1210. The van der Waals surface area contributed by atoms with Gasteiger partial charge in [-0.1, -0.05) is 47.7 Å². The number of hydrogen-bond acceptors (Lipinski definition) is 5. The van der Waals surface area contributed by atoms with E-state index >= 15 is 0 Å². The highest BCUT2D eigenvalue weighted by atomic mass is 16.4. The maximum Gasteiger partial charge on any atom is 0.349 e. The molecule has 0 aliphatic heterocycles. The van der Waals surface area contributed by atoms with Gasteiger partial charge in [-0.05, 0) is 30.2 Å². The Kier molecular flexibility index (Phi) is 4.72. The minimum Gasteiger partial charge on any atom is -0.422 e. The fourth-order valence-electron chi connectivity index (χ4n) is 2.98. The summed E-state index contributed by atoms with van der Waals surface area (Å²) in [6.07, 6.45) is 1.60. The number of amides is 1. The first-order chi connectivity index (χ1) is 13.6. The molecule has 0 radical (unpaired) electrons. The number of para-hydroxylation sites is 1. The largest absolute Gasteiger partial charge is 0.422 e. The molecule has 0 bridgehead atoms. The average molecular weight is 374 g/mol. The van der Waals surface area contributed by atoms with Gasteiger partial charge in [-0.15, -0.1) is 5.10 Å². The van der Waals surface area contributed by atoms with Gasteiger partial charge in [0.1, 0.15) is 11.1 Å². The van der Waals surface area contributed by atoms with Gasteiger partial charge < -0.3 is 9.73 Å². The van der Waals surface area contributed by atoms with Crippen LogP contribution in [-0.4, -0.2) is 20.9 Å². The Morgan fingerprint density at radius 2 is 1.93 bits per heavy atom.